The van der Waals surface area contributed by atoms with Crippen molar-refractivity contribution < 1.29 is 19.1 Å². The van der Waals surface area contributed by atoms with Crippen LogP contribution < -0.4 is 15.0 Å². The topological polar surface area (TPSA) is 106 Å². The SMILES string of the molecule is CCOc1ccc(C(C(=O)NC(C)(C)CC)N(C(=O)Cn2nnc3ccccc32)c2ccc(C(C)=O)cc2)cc1. The number of ketones is 1. The number of benzene rings is 3. The number of hydrogen-bond acceptors (Lipinski definition) is 6. The maximum Gasteiger partial charge on any atom is 0.249 e. The number of aromatic nitrogens is 3. The number of para-hydroxylation sites is 1. The molecule has 9 nitrogen and oxygen atoms in total. The fourth-order valence-corrected chi connectivity index (χ4v) is 4.35. The zero-order valence-electron chi connectivity index (χ0n) is 23.5. The van der Waals surface area contributed by atoms with Gasteiger partial charge in [-0.05, 0) is 88.2 Å². The van der Waals surface area contributed by atoms with Gasteiger partial charge in [0.05, 0.1) is 12.1 Å². The van der Waals surface area contributed by atoms with Gasteiger partial charge in [-0.2, -0.15) is 0 Å². The molecule has 0 fully saturated rings. The summed E-state index contributed by atoms with van der Waals surface area (Å²) in [6.45, 7) is 9.61. The van der Waals surface area contributed by atoms with E-state index in [0.717, 1.165) is 0 Å². The molecule has 1 aromatic heterocycles. The van der Waals surface area contributed by atoms with Crippen LogP contribution in [0.5, 0.6) is 5.75 Å². The molecular weight excluding hydrogens is 506 g/mol. The molecule has 0 saturated heterocycles. The Bertz CT molecular complexity index is 1490. The van der Waals surface area contributed by atoms with Gasteiger partial charge in [0.1, 0.15) is 23.9 Å². The highest BCUT2D eigenvalue weighted by molar-refractivity contribution is 6.02. The van der Waals surface area contributed by atoms with Crippen molar-refractivity contribution >= 4 is 34.3 Å². The largest absolute Gasteiger partial charge is 0.494 e. The maximum atomic E-state index is 14.2. The van der Waals surface area contributed by atoms with E-state index in [1.165, 1.54) is 16.5 Å². The van der Waals surface area contributed by atoms with E-state index in [-0.39, 0.29) is 24.1 Å². The van der Waals surface area contributed by atoms with Crippen molar-refractivity contribution in [1.29, 1.82) is 0 Å². The fourth-order valence-electron chi connectivity index (χ4n) is 4.35. The molecule has 0 saturated carbocycles. The molecule has 4 rings (SSSR count). The standard InChI is InChI=1S/C31H35N5O4/c1-6-31(4,5)32-30(39)29(23-14-18-25(19-15-23)40-7-2)36(24-16-12-22(13-17-24)21(3)37)28(38)20-35-27-11-9-8-10-26(27)33-34-35/h8-19,29H,6-7,20H2,1-5H3,(H,32,39). The smallest absolute Gasteiger partial charge is 0.249 e. The molecular formula is C31H35N5O4. The lowest BCUT2D eigenvalue weighted by Crippen LogP contribution is -2.51. The highest BCUT2D eigenvalue weighted by atomic mass is 16.5. The molecule has 0 aliphatic heterocycles. The summed E-state index contributed by atoms with van der Waals surface area (Å²) in [5, 5.41) is 11.5. The van der Waals surface area contributed by atoms with Gasteiger partial charge in [0, 0.05) is 16.8 Å². The number of anilines is 1. The first-order valence-corrected chi connectivity index (χ1v) is 13.4. The van der Waals surface area contributed by atoms with Gasteiger partial charge in [-0.1, -0.05) is 36.4 Å². The number of Topliss-reactive ketones (excluding diaryl/α,β-unsaturated/α-hetero) is 1. The van der Waals surface area contributed by atoms with Crippen LogP contribution >= 0.6 is 0 Å². The van der Waals surface area contributed by atoms with Gasteiger partial charge >= 0.3 is 0 Å². The Labute approximate surface area is 234 Å². The number of fused-ring (bicyclic) bond motifs is 1. The van der Waals surface area contributed by atoms with Crippen LogP contribution in [0.3, 0.4) is 0 Å². The van der Waals surface area contributed by atoms with Crippen molar-refractivity contribution in [3.05, 3.63) is 83.9 Å². The van der Waals surface area contributed by atoms with E-state index in [2.05, 4.69) is 15.6 Å². The first-order valence-electron chi connectivity index (χ1n) is 13.4. The summed E-state index contributed by atoms with van der Waals surface area (Å²) in [5.41, 5.74) is 2.46. The molecule has 1 unspecified atom stereocenters. The van der Waals surface area contributed by atoms with Crippen molar-refractivity contribution in [3.63, 3.8) is 0 Å². The number of nitrogens with one attached hydrogen (secondary N) is 1. The van der Waals surface area contributed by atoms with Crippen LogP contribution in [0.15, 0.2) is 72.8 Å². The molecule has 208 valence electrons. The molecule has 0 spiro atoms. The summed E-state index contributed by atoms with van der Waals surface area (Å²) in [6, 6.07) is 20.2. The molecule has 0 aliphatic carbocycles. The van der Waals surface area contributed by atoms with E-state index in [0.29, 0.717) is 46.6 Å². The van der Waals surface area contributed by atoms with Gasteiger partial charge in [-0.15, -0.1) is 5.10 Å². The van der Waals surface area contributed by atoms with Crippen LogP contribution in [0.1, 0.15) is 63.0 Å². The molecule has 4 aromatic rings. The van der Waals surface area contributed by atoms with Gasteiger partial charge in [0.15, 0.2) is 5.78 Å². The third-order valence-corrected chi connectivity index (χ3v) is 6.88. The molecule has 3 aromatic carbocycles. The molecule has 1 heterocycles. The predicted octanol–water partition coefficient (Wildman–Crippen LogP) is 5.11. The minimum absolute atomic E-state index is 0.0935. The van der Waals surface area contributed by atoms with Crippen molar-refractivity contribution in [3.8, 4) is 5.75 Å². The Balaban J connectivity index is 1.83. The Morgan fingerprint density at radius 2 is 1.65 bits per heavy atom. The van der Waals surface area contributed by atoms with Crippen molar-refractivity contribution in [2.45, 2.75) is 59.2 Å². The number of ether oxygens (including phenoxy) is 1. The molecule has 1 atom stereocenters. The van der Waals surface area contributed by atoms with E-state index in [4.69, 9.17) is 4.74 Å². The zero-order chi connectivity index (χ0) is 28.9. The van der Waals surface area contributed by atoms with E-state index in [9.17, 15) is 14.4 Å². The number of rotatable bonds is 11. The fraction of sp³-hybridized carbons (Fsp3) is 0.323. The summed E-state index contributed by atoms with van der Waals surface area (Å²) in [6.07, 6.45) is 0.695. The molecule has 9 heteroatoms. The Hall–Kier alpha value is -4.53. The van der Waals surface area contributed by atoms with Crippen molar-refractivity contribution in [1.82, 2.24) is 20.3 Å². The molecule has 1 N–H and O–H groups in total. The van der Waals surface area contributed by atoms with Crippen molar-refractivity contribution in [2.75, 3.05) is 11.5 Å². The number of amides is 2. The quantitative estimate of drug-likeness (QED) is 0.265. The first kappa shape index (κ1) is 28.5. The summed E-state index contributed by atoms with van der Waals surface area (Å²) < 4.78 is 7.13. The Kier molecular flexibility index (Phi) is 8.62. The second-order valence-electron chi connectivity index (χ2n) is 10.2. The minimum atomic E-state index is -1.01. The van der Waals surface area contributed by atoms with Crippen LogP contribution in [0, 0.1) is 0 Å². The number of carbonyl (C=O) groups excluding carboxylic acids is 3. The summed E-state index contributed by atoms with van der Waals surface area (Å²) in [4.78, 5) is 41.6. The van der Waals surface area contributed by atoms with Crippen LogP contribution in [0.2, 0.25) is 0 Å². The van der Waals surface area contributed by atoms with Crippen LogP contribution in [0.25, 0.3) is 11.0 Å². The molecule has 0 bridgehead atoms. The Morgan fingerprint density at radius 1 is 0.975 bits per heavy atom. The molecule has 2 amide bonds. The summed E-state index contributed by atoms with van der Waals surface area (Å²) in [5.74, 6) is -0.126. The summed E-state index contributed by atoms with van der Waals surface area (Å²) >= 11 is 0. The number of nitrogens with zero attached hydrogens (tertiary/aromatic N) is 4. The average Bonchev–Trinajstić information content (AvgIpc) is 3.34. The van der Waals surface area contributed by atoms with E-state index in [1.54, 1.807) is 48.5 Å². The third-order valence-electron chi connectivity index (χ3n) is 6.88. The first-order chi connectivity index (χ1) is 19.1. The highest BCUT2D eigenvalue weighted by Crippen LogP contribution is 2.31. The Morgan fingerprint density at radius 3 is 2.27 bits per heavy atom. The lowest BCUT2D eigenvalue weighted by atomic mass is 9.98. The molecule has 0 radical (unpaired) electrons. The van der Waals surface area contributed by atoms with E-state index in [1.807, 2.05) is 52.0 Å². The molecule has 40 heavy (non-hydrogen) atoms. The van der Waals surface area contributed by atoms with Gasteiger partial charge < -0.3 is 10.1 Å². The molecule has 0 aliphatic rings. The number of carbonyl (C=O) groups is 3. The van der Waals surface area contributed by atoms with E-state index >= 15 is 0 Å². The van der Waals surface area contributed by atoms with Crippen LogP contribution in [-0.2, 0) is 16.1 Å². The van der Waals surface area contributed by atoms with E-state index < -0.39 is 11.6 Å². The average molecular weight is 542 g/mol. The second-order valence-corrected chi connectivity index (χ2v) is 10.2. The van der Waals surface area contributed by atoms with Gasteiger partial charge in [-0.25, -0.2) is 4.68 Å². The predicted molar refractivity (Wildman–Crippen MR) is 154 cm³/mol. The van der Waals surface area contributed by atoms with Gasteiger partial charge in [-0.3, -0.25) is 19.3 Å². The monoisotopic (exact) mass is 541 g/mol. The maximum absolute atomic E-state index is 14.2. The van der Waals surface area contributed by atoms with Gasteiger partial charge in [0.25, 0.3) is 0 Å². The highest BCUT2D eigenvalue weighted by Gasteiger charge is 2.35. The normalized spacial score (nSPS) is 12.1. The lowest BCUT2D eigenvalue weighted by molar-refractivity contribution is -0.128. The third kappa shape index (κ3) is 6.36. The second kappa shape index (κ2) is 12.1. The zero-order valence-corrected chi connectivity index (χ0v) is 23.5. The van der Waals surface area contributed by atoms with Crippen LogP contribution in [-0.4, -0.2) is 44.7 Å². The van der Waals surface area contributed by atoms with Crippen LogP contribution in [0.4, 0.5) is 5.69 Å². The number of hydrogen-bond donors (Lipinski definition) is 1. The van der Waals surface area contributed by atoms with Gasteiger partial charge in [0.2, 0.25) is 11.8 Å². The lowest BCUT2D eigenvalue weighted by Gasteiger charge is -2.34. The minimum Gasteiger partial charge on any atom is -0.494 e. The van der Waals surface area contributed by atoms with Crippen molar-refractivity contribution in [2.24, 2.45) is 0 Å². The summed E-state index contributed by atoms with van der Waals surface area (Å²) in [7, 11) is 0.